The molecular formula is C28H30F4N2O4. The molecule has 10 heteroatoms. The number of pyridine rings is 1. The Kier molecular flexibility index (Phi) is 8.71. The number of aryl methyl sites for hydroxylation is 1. The number of carboxylic acid groups (broad SMARTS) is 1. The molecule has 38 heavy (non-hydrogen) atoms. The Balaban J connectivity index is 1.34. The Morgan fingerprint density at radius 1 is 1.05 bits per heavy atom. The van der Waals surface area contributed by atoms with Crippen LogP contribution in [-0.2, 0) is 11.2 Å². The number of fused-ring (bicyclic) bond motifs is 1. The predicted octanol–water partition coefficient (Wildman–Crippen LogP) is 5.76. The molecule has 0 bridgehead atoms. The Bertz CT molecular complexity index is 1270. The lowest BCUT2D eigenvalue weighted by Crippen LogP contribution is -2.42. The van der Waals surface area contributed by atoms with Gasteiger partial charge in [0.2, 0.25) is 0 Å². The van der Waals surface area contributed by atoms with Crippen LogP contribution in [0.4, 0.5) is 17.6 Å². The van der Waals surface area contributed by atoms with E-state index in [0.29, 0.717) is 74.0 Å². The lowest BCUT2D eigenvalue weighted by Gasteiger charge is -2.41. The van der Waals surface area contributed by atoms with Gasteiger partial charge in [-0.3, -0.25) is 14.7 Å². The fourth-order valence-corrected chi connectivity index (χ4v) is 5.22. The van der Waals surface area contributed by atoms with Gasteiger partial charge in [0.15, 0.2) is 17.5 Å². The molecule has 6 nitrogen and oxygen atoms in total. The van der Waals surface area contributed by atoms with Crippen molar-refractivity contribution < 1.29 is 36.9 Å². The van der Waals surface area contributed by atoms with Gasteiger partial charge in [-0.15, -0.1) is 0 Å². The van der Waals surface area contributed by atoms with E-state index in [1.54, 1.807) is 25.3 Å². The number of aliphatic carboxylic acids is 1. The third-order valence-corrected chi connectivity index (χ3v) is 7.34. The smallest absolute Gasteiger partial charge is 0.303 e. The molecule has 2 aromatic carbocycles. The van der Waals surface area contributed by atoms with E-state index < -0.39 is 34.7 Å². The van der Waals surface area contributed by atoms with Gasteiger partial charge in [-0.05, 0) is 74.4 Å². The molecule has 0 saturated carbocycles. The monoisotopic (exact) mass is 534 g/mol. The predicted molar refractivity (Wildman–Crippen MR) is 133 cm³/mol. The molecule has 2 heterocycles. The first-order valence-electron chi connectivity index (χ1n) is 12.5. The Hall–Kier alpha value is -3.40. The van der Waals surface area contributed by atoms with E-state index in [4.69, 9.17) is 9.47 Å². The van der Waals surface area contributed by atoms with Crippen LogP contribution in [0, 0.1) is 28.7 Å². The van der Waals surface area contributed by atoms with Crippen LogP contribution in [0.25, 0.3) is 10.9 Å². The molecule has 1 saturated heterocycles. The van der Waals surface area contributed by atoms with Crippen molar-refractivity contribution >= 4 is 16.9 Å². The summed E-state index contributed by atoms with van der Waals surface area (Å²) in [6.07, 6.45) is 4.22. The highest BCUT2D eigenvalue weighted by Gasteiger charge is 2.36. The van der Waals surface area contributed by atoms with Crippen LogP contribution < -0.4 is 9.47 Å². The molecule has 0 amide bonds. The van der Waals surface area contributed by atoms with Gasteiger partial charge in [-0.25, -0.2) is 17.6 Å². The standard InChI is InChI=1S/C28H30F4N2O4/c1-37-18-4-5-25-21(13-18)20(24(31)17-33-25)3-2-6-28(16-26(35)36)7-9-34(10-8-28)11-12-38-19-14-22(29)27(32)23(30)15-19/h4-5,13-15,17H,2-3,6-12,16H2,1H3,(H,35,36). The molecule has 0 aliphatic carbocycles. The van der Waals surface area contributed by atoms with Crippen molar-refractivity contribution in [3.8, 4) is 11.5 Å². The minimum absolute atomic E-state index is 0.0267. The van der Waals surface area contributed by atoms with Gasteiger partial charge in [-0.1, -0.05) is 0 Å². The minimum atomic E-state index is -1.54. The molecular weight excluding hydrogens is 504 g/mol. The number of piperidine rings is 1. The molecule has 204 valence electrons. The van der Waals surface area contributed by atoms with Crippen LogP contribution >= 0.6 is 0 Å². The van der Waals surface area contributed by atoms with E-state index in [1.165, 1.54) is 6.20 Å². The van der Waals surface area contributed by atoms with Crippen LogP contribution in [0.1, 0.15) is 37.7 Å². The van der Waals surface area contributed by atoms with Crippen LogP contribution in [-0.4, -0.2) is 54.3 Å². The van der Waals surface area contributed by atoms with Crippen LogP contribution in [0.15, 0.2) is 36.5 Å². The van der Waals surface area contributed by atoms with Crippen molar-refractivity contribution in [1.82, 2.24) is 9.88 Å². The maximum Gasteiger partial charge on any atom is 0.303 e. The second-order valence-electron chi connectivity index (χ2n) is 9.78. The number of carbonyl (C=O) groups is 1. The van der Waals surface area contributed by atoms with Crippen LogP contribution in [0.2, 0.25) is 0 Å². The molecule has 3 aromatic rings. The Morgan fingerprint density at radius 3 is 2.42 bits per heavy atom. The average molecular weight is 535 g/mol. The largest absolute Gasteiger partial charge is 0.497 e. The summed E-state index contributed by atoms with van der Waals surface area (Å²) < 4.78 is 65.2. The number of rotatable bonds is 11. The summed E-state index contributed by atoms with van der Waals surface area (Å²) in [5.41, 5.74) is 0.801. The number of hydrogen-bond donors (Lipinski definition) is 1. The topological polar surface area (TPSA) is 71.9 Å². The zero-order chi connectivity index (χ0) is 27.3. The molecule has 0 atom stereocenters. The summed E-state index contributed by atoms with van der Waals surface area (Å²) in [5, 5.41) is 10.3. The molecule has 1 aliphatic rings. The number of ether oxygens (including phenoxy) is 2. The molecule has 0 unspecified atom stereocenters. The highest BCUT2D eigenvalue weighted by atomic mass is 19.2. The van der Waals surface area contributed by atoms with Crippen molar-refractivity contribution in [2.45, 2.75) is 38.5 Å². The van der Waals surface area contributed by atoms with E-state index in [-0.39, 0.29) is 18.8 Å². The molecule has 0 radical (unpaired) electrons. The zero-order valence-corrected chi connectivity index (χ0v) is 21.1. The maximum absolute atomic E-state index is 14.7. The zero-order valence-electron chi connectivity index (χ0n) is 21.1. The average Bonchev–Trinajstić information content (AvgIpc) is 2.89. The number of nitrogens with zero attached hydrogens (tertiary/aromatic N) is 2. The van der Waals surface area contributed by atoms with E-state index in [0.717, 1.165) is 12.1 Å². The number of likely N-dealkylation sites (tertiary alicyclic amines) is 1. The van der Waals surface area contributed by atoms with Crippen molar-refractivity contribution in [2.24, 2.45) is 5.41 Å². The van der Waals surface area contributed by atoms with Crippen LogP contribution in [0.3, 0.4) is 0 Å². The lowest BCUT2D eigenvalue weighted by atomic mass is 9.72. The molecule has 4 rings (SSSR count). The number of hydrogen-bond acceptors (Lipinski definition) is 5. The van der Waals surface area contributed by atoms with E-state index in [1.807, 2.05) is 0 Å². The van der Waals surface area contributed by atoms with Gasteiger partial charge >= 0.3 is 5.97 Å². The second-order valence-corrected chi connectivity index (χ2v) is 9.78. The normalized spacial score (nSPS) is 15.5. The van der Waals surface area contributed by atoms with Gasteiger partial charge in [0, 0.05) is 24.1 Å². The molecule has 1 aromatic heterocycles. The van der Waals surface area contributed by atoms with Crippen molar-refractivity contribution in [3.63, 3.8) is 0 Å². The summed E-state index contributed by atoms with van der Waals surface area (Å²) in [6, 6.07) is 6.93. The summed E-state index contributed by atoms with van der Waals surface area (Å²) in [6.45, 7) is 1.88. The highest BCUT2D eigenvalue weighted by Crippen LogP contribution is 2.40. The van der Waals surface area contributed by atoms with Gasteiger partial charge < -0.3 is 14.6 Å². The first-order valence-corrected chi connectivity index (χ1v) is 12.5. The minimum Gasteiger partial charge on any atom is -0.497 e. The molecule has 1 N–H and O–H groups in total. The third-order valence-electron chi connectivity index (χ3n) is 7.34. The van der Waals surface area contributed by atoms with Crippen molar-refractivity contribution in [2.75, 3.05) is 33.4 Å². The third kappa shape index (κ3) is 6.53. The van der Waals surface area contributed by atoms with Gasteiger partial charge in [-0.2, -0.15) is 0 Å². The van der Waals surface area contributed by atoms with Gasteiger partial charge in [0.25, 0.3) is 0 Å². The first-order chi connectivity index (χ1) is 18.2. The fourth-order valence-electron chi connectivity index (χ4n) is 5.22. The summed E-state index contributed by atoms with van der Waals surface area (Å²) >= 11 is 0. The van der Waals surface area contributed by atoms with Gasteiger partial charge in [0.05, 0.1) is 25.2 Å². The van der Waals surface area contributed by atoms with E-state index in [2.05, 4.69) is 9.88 Å². The number of methoxy groups -OCH3 is 1. The van der Waals surface area contributed by atoms with E-state index >= 15 is 0 Å². The summed E-state index contributed by atoms with van der Waals surface area (Å²) in [7, 11) is 1.55. The first kappa shape index (κ1) is 27.6. The SMILES string of the molecule is COc1ccc2ncc(F)c(CCCC3(CC(=O)O)CCN(CCOc4cc(F)c(F)c(F)c4)CC3)c2c1. The summed E-state index contributed by atoms with van der Waals surface area (Å²) in [5.74, 6) is -4.90. The Morgan fingerprint density at radius 2 is 1.76 bits per heavy atom. The Labute approximate surface area is 218 Å². The van der Waals surface area contributed by atoms with Crippen molar-refractivity contribution in [1.29, 1.82) is 0 Å². The quantitative estimate of drug-likeness (QED) is 0.249. The van der Waals surface area contributed by atoms with Gasteiger partial charge in [0.1, 0.15) is 23.9 Å². The highest BCUT2D eigenvalue weighted by molar-refractivity contribution is 5.83. The van der Waals surface area contributed by atoms with Crippen molar-refractivity contribution in [3.05, 3.63) is 65.4 Å². The number of benzene rings is 2. The molecule has 1 aliphatic heterocycles. The fraction of sp³-hybridized carbons (Fsp3) is 0.429. The maximum atomic E-state index is 14.7. The lowest BCUT2D eigenvalue weighted by molar-refractivity contribution is -0.140. The molecule has 0 spiro atoms. The second kappa shape index (κ2) is 12.0. The number of aromatic nitrogens is 1. The number of carboxylic acids is 1. The number of halogens is 4. The summed E-state index contributed by atoms with van der Waals surface area (Å²) in [4.78, 5) is 17.9. The molecule has 1 fully saturated rings. The van der Waals surface area contributed by atoms with E-state index in [9.17, 15) is 27.5 Å². The van der Waals surface area contributed by atoms with Crippen LogP contribution in [0.5, 0.6) is 11.5 Å².